The Balaban J connectivity index is 1.99. The first-order valence-electron chi connectivity index (χ1n) is 5.53. The molecule has 0 aliphatic carbocycles. The topological polar surface area (TPSA) is 87.3 Å². The van der Waals surface area contributed by atoms with Gasteiger partial charge in [0.05, 0.1) is 0 Å². The Morgan fingerprint density at radius 1 is 1.22 bits per heavy atom. The highest BCUT2D eigenvalue weighted by atomic mass is 16.2. The molecule has 2 rings (SSSR count). The Kier molecular flexibility index (Phi) is 3.27. The molecule has 1 fully saturated rings. The van der Waals surface area contributed by atoms with E-state index in [2.05, 4.69) is 16.2 Å². The van der Waals surface area contributed by atoms with Gasteiger partial charge in [0.15, 0.2) is 0 Å². The van der Waals surface area contributed by atoms with Crippen molar-refractivity contribution < 1.29 is 14.4 Å². The zero-order chi connectivity index (χ0) is 13.1. The van der Waals surface area contributed by atoms with Crippen LogP contribution in [0.15, 0.2) is 24.3 Å². The molecule has 1 heterocycles. The summed E-state index contributed by atoms with van der Waals surface area (Å²) in [6.07, 6.45) is -0.161. The smallest absolute Gasteiger partial charge is 0.251 e. The van der Waals surface area contributed by atoms with Gasteiger partial charge in [0.2, 0.25) is 5.91 Å². The molecule has 0 spiro atoms. The second-order valence-electron chi connectivity index (χ2n) is 4.10. The number of hydrazine groups is 1. The van der Waals surface area contributed by atoms with Gasteiger partial charge in [-0.3, -0.25) is 25.2 Å². The third-order valence-corrected chi connectivity index (χ3v) is 2.75. The Labute approximate surface area is 104 Å². The molecule has 18 heavy (non-hydrogen) atoms. The van der Waals surface area contributed by atoms with Crippen LogP contribution in [0.1, 0.15) is 12.0 Å². The lowest BCUT2D eigenvalue weighted by Crippen LogP contribution is -2.28. The molecule has 6 heteroatoms. The average Bonchev–Trinajstić information content (AvgIpc) is 2.64. The second-order valence-corrected chi connectivity index (χ2v) is 4.10. The fourth-order valence-corrected chi connectivity index (χ4v) is 1.70. The minimum absolute atomic E-state index is 0.161. The van der Waals surface area contributed by atoms with Crippen LogP contribution in [0, 0.1) is 12.8 Å². The van der Waals surface area contributed by atoms with Gasteiger partial charge < -0.3 is 5.32 Å². The van der Waals surface area contributed by atoms with Crippen molar-refractivity contribution >= 4 is 23.4 Å². The summed E-state index contributed by atoms with van der Waals surface area (Å²) in [5, 5.41) is 2.68. The molecule has 0 bridgehead atoms. The predicted molar refractivity (Wildman–Crippen MR) is 64.2 cm³/mol. The van der Waals surface area contributed by atoms with E-state index < -0.39 is 17.7 Å². The molecule has 0 atom stereocenters. The van der Waals surface area contributed by atoms with Gasteiger partial charge in [-0.1, -0.05) is 18.2 Å². The zero-order valence-electron chi connectivity index (χ0n) is 9.82. The van der Waals surface area contributed by atoms with E-state index in [1.807, 2.05) is 19.1 Å². The van der Waals surface area contributed by atoms with E-state index in [4.69, 9.17) is 0 Å². The van der Waals surface area contributed by atoms with Gasteiger partial charge >= 0.3 is 0 Å². The van der Waals surface area contributed by atoms with Gasteiger partial charge in [0.1, 0.15) is 5.92 Å². The van der Waals surface area contributed by atoms with E-state index in [0.29, 0.717) is 5.69 Å². The van der Waals surface area contributed by atoms with Gasteiger partial charge in [-0.25, -0.2) is 0 Å². The Bertz CT molecular complexity index is 497. The van der Waals surface area contributed by atoms with E-state index in [0.717, 1.165) is 5.56 Å². The molecule has 6 nitrogen and oxygen atoms in total. The molecule has 1 saturated heterocycles. The van der Waals surface area contributed by atoms with Gasteiger partial charge in [-0.05, 0) is 18.6 Å². The summed E-state index contributed by atoms with van der Waals surface area (Å²) in [5.41, 5.74) is 5.97. The summed E-state index contributed by atoms with van der Waals surface area (Å²) >= 11 is 0. The molecule has 1 aromatic rings. The van der Waals surface area contributed by atoms with E-state index in [-0.39, 0.29) is 12.3 Å². The van der Waals surface area contributed by atoms with Crippen LogP contribution in [0.2, 0.25) is 0 Å². The molecule has 3 N–H and O–H groups in total. The van der Waals surface area contributed by atoms with Crippen LogP contribution in [0.3, 0.4) is 0 Å². The van der Waals surface area contributed by atoms with Crippen LogP contribution in [-0.2, 0) is 14.4 Å². The zero-order valence-corrected chi connectivity index (χ0v) is 9.82. The highest BCUT2D eigenvalue weighted by Gasteiger charge is 2.34. The molecule has 0 unspecified atom stereocenters. The van der Waals surface area contributed by atoms with Crippen LogP contribution < -0.4 is 16.2 Å². The molecule has 0 saturated carbocycles. The number of aryl methyl sites for hydroxylation is 1. The maximum atomic E-state index is 11.7. The van der Waals surface area contributed by atoms with Crippen molar-refractivity contribution in [2.24, 2.45) is 5.92 Å². The lowest BCUT2D eigenvalue weighted by Gasteiger charge is -2.08. The lowest BCUT2D eigenvalue weighted by molar-refractivity contribution is -0.131. The highest BCUT2D eigenvalue weighted by Crippen LogP contribution is 2.15. The monoisotopic (exact) mass is 247 g/mol. The summed E-state index contributed by atoms with van der Waals surface area (Å²) in [4.78, 5) is 34.3. The second kappa shape index (κ2) is 4.87. The highest BCUT2D eigenvalue weighted by molar-refractivity contribution is 6.09. The van der Waals surface area contributed by atoms with E-state index in [9.17, 15) is 14.4 Å². The number of hydrogen-bond donors (Lipinski definition) is 3. The fraction of sp³-hybridized carbons (Fsp3) is 0.250. The number of carbonyl (C=O) groups is 3. The Morgan fingerprint density at radius 3 is 2.44 bits per heavy atom. The van der Waals surface area contributed by atoms with Crippen molar-refractivity contribution in [3.05, 3.63) is 29.8 Å². The van der Waals surface area contributed by atoms with Gasteiger partial charge in [0, 0.05) is 12.1 Å². The summed E-state index contributed by atoms with van der Waals surface area (Å²) in [5.74, 6) is -2.25. The van der Waals surface area contributed by atoms with Crippen LogP contribution >= 0.6 is 0 Å². The van der Waals surface area contributed by atoms with Crippen molar-refractivity contribution in [2.45, 2.75) is 13.3 Å². The van der Waals surface area contributed by atoms with Crippen molar-refractivity contribution in [1.82, 2.24) is 10.9 Å². The molecular formula is C12H13N3O3. The van der Waals surface area contributed by atoms with Crippen LogP contribution in [0.25, 0.3) is 0 Å². The SMILES string of the molecule is Cc1ccccc1NC(=O)CC1C(=O)NNC1=O. The first-order chi connectivity index (χ1) is 8.58. The molecule has 94 valence electrons. The number of anilines is 1. The normalized spacial score (nSPS) is 15.2. The maximum Gasteiger partial charge on any atom is 0.251 e. The van der Waals surface area contributed by atoms with Crippen molar-refractivity contribution in [3.8, 4) is 0 Å². The summed E-state index contributed by atoms with van der Waals surface area (Å²) in [6, 6.07) is 7.30. The fourth-order valence-electron chi connectivity index (χ4n) is 1.70. The quantitative estimate of drug-likeness (QED) is 0.662. The summed E-state index contributed by atoms with van der Waals surface area (Å²) in [7, 11) is 0. The Morgan fingerprint density at radius 2 is 1.83 bits per heavy atom. The largest absolute Gasteiger partial charge is 0.326 e. The summed E-state index contributed by atoms with van der Waals surface area (Å²) < 4.78 is 0. The minimum atomic E-state index is -0.950. The molecule has 1 aliphatic heterocycles. The minimum Gasteiger partial charge on any atom is -0.326 e. The van der Waals surface area contributed by atoms with Crippen molar-refractivity contribution in [1.29, 1.82) is 0 Å². The number of nitrogens with one attached hydrogen (secondary N) is 3. The van der Waals surface area contributed by atoms with E-state index in [1.165, 1.54) is 0 Å². The predicted octanol–water partition coefficient (Wildman–Crippen LogP) is 0.101. The number of hydrogen-bond acceptors (Lipinski definition) is 3. The average molecular weight is 247 g/mol. The van der Waals surface area contributed by atoms with Crippen molar-refractivity contribution in [3.63, 3.8) is 0 Å². The van der Waals surface area contributed by atoms with E-state index >= 15 is 0 Å². The lowest BCUT2D eigenvalue weighted by atomic mass is 10.0. The van der Waals surface area contributed by atoms with Crippen LogP contribution in [0.5, 0.6) is 0 Å². The van der Waals surface area contributed by atoms with Gasteiger partial charge in [-0.15, -0.1) is 0 Å². The van der Waals surface area contributed by atoms with Crippen LogP contribution in [-0.4, -0.2) is 17.7 Å². The summed E-state index contributed by atoms with van der Waals surface area (Å²) in [6.45, 7) is 1.87. The first kappa shape index (κ1) is 12.1. The first-order valence-corrected chi connectivity index (χ1v) is 5.53. The number of amides is 3. The molecule has 0 aromatic heterocycles. The third-order valence-electron chi connectivity index (χ3n) is 2.75. The molecule has 1 aliphatic rings. The molecule has 1 aromatic carbocycles. The Hall–Kier alpha value is -2.37. The number of carbonyl (C=O) groups excluding carboxylic acids is 3. The van der Waals surface area contributed by atoms with Crippen LogP contribution in [0.4, 0.5) is 5.69 Å². The number of para-hydroxylation sites is 1. The third kappa shape index (κ3) is 2.48. The van der Waals surface area contributed by atoms with Gasteiger partial charge in [-0.2, -0.15) is 0 Å². The molecule has 0 radical (unpaired) electrons. The number of benzene rings is 1. The maximum absolute atomic E-state index is 11.7. The number of rotatable bonds is 3. The van der Waals surface area contributed by atoms with E-state index in [1.54, 1.807) is 12.1 Å². The molecular weight excluding hydrogens is 234 g/mol. The molecule has 3 amide bonds. The van der Waals surface area contributed by atoms with Gasteiger partial charge in [0.25, 0.3) is 11.8 Å². The van der Waals surface area contributed by atoms with Crippen molar-refractivity contribution in [2.75, 3.05) is 5.32 Å². The standard InChI is InChI=1S/C12H13N3O3/c1-7-4-2-3-5-9(7)13-10(16)6-8-11(17)14-15-12(8)18/h2-5,8H,6H2,1H3,(H,13,16)(H,14,17)(H,15,18).